The number of amides is 2. The Kier molecular flexibility index (Phi) is 7.98. The first-order valence-corrected chi connectivity index (χ1v) is 10.2. The van der Waals surface area contributed by atoms with Gasteiger partial charge in [-0.1, -0.05) is 41.9 Å². The molecule has 2 aromatic rings. The zero-order valence-electron chi connectivity index (χ0n) is 16.8. The molecular formula is C21H25ClN4O4. The van der Waals surface area contributed by atoms with Crippen LogP contribution in [0.1, 0.15) is 24.1 Å². The Bertz CT molecular complexity index is 852. The quantitative estimate of drug-likeness (QED) is 0.723. The van der Waals surface area contributed by atoms with Gasteiger partial charge in [0.1, 0.15) is 6.61 Å². The highest BCUT2D eigenvalue weighted by Crippen LogP contribution is 2.24. The lowest BCUT2D eigenvalue weighted by Gasteiger charge is -2.38. The van der Waals surface area contributed by atoms with Gasteiger partial charge in [0.15, 0.2) is 5.15 Å². The van der Waals surface area contributed by atoms with E-state index in [-0.39, 0.29) is 42.7 Å². The molecule has 2 amide bonds. The number of ether oxygens (including phenoxy) is 2. The smallest absolute Gasteiger partial charge is 0.410 e. The molecular weight excluding hydrogens is 408 g/mol. The zero-order valence-corrected chi connectivity index (χ0v) is 17.5. The van der Waals surface area contributed by atoms with Crippen molar-refractivity contribution in [2.45, 2.75) is 32.0 Å². The molecule has 1 saturated heterocycles. The Balaban J connectivity index is 1.58. The van der Waals surface area contributed by atoms with Crippen LogP contribution in [0.4, 0.5) is 4.79 Å². The molecule has 8 nitrogen and oxygen atoms in total. The van der Waals surface area contributed by atoms with Crippen LogP contribution in [0.2, 0.25) is 5.15 Å². The molecule has 0 aliphatic carbocycles. The topological polar surface area (TPSA) is 93.6 Å². The van der Waals surface area contributed by atoms with Gasteiger partial charge in [0.2, 0.25) is 5.91 Å². The molecule has 1 N–H and O–H groups in total. The van der Waals surface area contributed by atoms with E-state index < -0.39 is 6.09 Å². The van der Waals surface area contributed by atoms with Gasteiger partial charge in [-0.3, -0.25) is 9.78 Å². The number of carbonyl (C=O) groups is 2. The van der Waals surface area contributed by atoms with Gasteiger partial charge in [0.25, 0.3) is 0 Å². The van der Waals surface area contributed by atoms with Gasteiger partial charge in [0, 0.05) is 26.0 Å². The SMILES string of the molecule is COC[C@@H]1CC[C@H](C(=O)NCc2nccnc2Cl)CN1C(=O)OCc1ccccc1. The summed E-state index contributed by atoms with van der Waals surface area (Å²) < 4.78 is 10.7. The number of carbonyl (C=O) groups excluding carboxylic acids is 2. The largest absolute Gasteiger partial charge is 0.445 e. The molecule has 9 heteroatoms. The van der Waals surface area contributed by atoms with Gasteiger partial charge in [-0.25, -0.2) is 9.78 Å². The summed E-state index contributed by atoms with van der Waals surface area (Å²) in [4.78, 5) is 35.1. The minimum atomic E-state index is -0.449. The first-order chi connectivity index (χ1) is 14.6. The van der Waals surface area contributed by atoms with E-state index in [4.69, 9.17) is 21.1 Å². The monoisotopic (exact) mass is 432 g/mol. The second kappa shape index (κ2) is 10.9. The minimum Gasteiger partial charge on any atom is -0.445 e. The van der Waals surface area contributed by atoms with Gasteiger partial charge in [-0.2, -0.15) is 0 Å². The fourth-order valence-corrected chi connectivity index (χ4v) is 3.59. The van der Waals surface area contributed by atoms with E-state index in [1.807, 2.05) is 30.3 Å². The molecule has 1 aliphatic rings. The molecule has 0 unspecified atom stereocenters. The van der Waals surface area contributed by atoms with Crippen LogP contribution in [-0.2, 0) is 27.4 Å². The Morgan fingerprint density at radius 3 is 2.70 bits per heavy atom. The number of likely N-dealkylation sites (tertiary alicyclic amines) is 1. The number of piperidine rings is 1. The van der Waals surface area contributed by atoms with E-state index in [2.05, 4.69) is 15.3 Å². The van der Waals surface area contributed by atoms with Crippen molar-refractivity contribution < 1.29 is 19.1 Å². The summed E-state index contributed by atoms with van der Waals surface area (Å²) in [6, 6.07) is 9.34. The molecule has 0 spiro atoms. The standard InChI is InChI=1S/C21H25ClN4O4/c1-29-14-17-8-7-16(20(27)25-11-18-19(22)24-10-9-23-18)12-26(17)21(28)30-13-15-5-3-2-4-6-15/h2-6,9-10,16-17H,7-8,11-14H2,1H3,(H,25,27)/t16-,17-/m0/s1. The number of nitrogens with one attached hydrogen (secondary N) is 1. The Morgan fingerprint density at radius 1 is 1.20 bits per heavy atom. The highest BCUT2D eigenvalue weighted by Gasteiger charge is 2.35. The lowest BCUT2D eigenvalue weighted by molar-refractivity contribution is -0.127. The van der Waals surface area contributed by atoms with Crippen LogP contribution in [-0.4, -0.2) is 53.2 Å². The minimum absolute atomic E-state index is 0.128. The van der Waals surface area contributed by atoms with Gasteiger partial charge < -0.3 is 19.7 Å². The maximum Gasteiger partial charge on any atom is 0.410 e. The van der Waals surface area contributed by atoms with Crippen molar-refractivity contribution in [2.75, 3.05) is 20.3 Å². The first-order valence-electron chi connectivity index (χ1n) is 9.77. The zero-order chi connectivity index (χ0) is 21.3. The number of benzene rings is 1. The Labute approximate surface area is 180 Å². The van der Waals surface area contributed by atoms with Crippen LogP contribution in [0.15, 0.2) is 42.7 Å². The van der Waals surface area contributed by atoms with E-state index in [0.29, 0.717) is 25.1 Å². The van der Waals surface area contributed by atoms with Crippen molar-refractivity contribution in [3.8, 4) is 0 Å². The van der Waals surface area contributed by atoms with Crippen LogP contribution in [0.25, 0.3) is 0 Å². The number of hydrogen-bond donors (Lipinski definition) is 1. The van der Waals surface area contributed by atoms with Gasteiger partial charge >= 0.3 is 6.09 Å². The van der Waals surface area contributed by atoms with E-state index in [0.717, 1.165) is 5.56 Å². The molecule has 2 atom stereocenters. The van der Waals surface area contributed by atoms with E-state index in [9.17, 15) is 9.59 Å². The third-order valence-electron chi connectivity index (χ3n) is 5.03. The van der Waals surface area contributed by atoms with Crippen molar-refractivity contribution in [1.29, 1.82) is 0 Å². The molecule has 1 aromatic carbocycles. The summed E-state index contributed by atoms with van der Waals surface area (Å²) in [7, 11) is 1.59. The summed E-state index contributed by atoms with van der Waals surface area (Å²) >= 11 is 5.99. The summed E-state index contributed by atoms with van der Waals surface area (Å²) in [5, 5.41) is 3.09. The molecule has 3 rings (SSSR count). The fourth-order valence-electron chi connectivity index (χ4n) is 3.42. The number of methoxy groups -OCH3 is 1. The molecule has 1 aromatic heterocycles. The summed E-state index contributed by atoms with van der Waals surface area (Å²) in [5.41, 5.74) is 1.40. The van der Waals surface area contributed by atoms with Crippen LogP contribution in [0.3, 0.4) is 0 Å². The molecule has 0 bridgehead atoms. The number of halogens is 1. The molecule has 30 heavy (non-hydrogen) atoms. The van der Waals surface area contributed by atoms with Crippen LogP contribution in [0.5, 0.6) is 0 Å². The normalized spacial score (nSPS) is 18.7. The van der Waals surface area contributed by atoms with E-state index in [1.54, 1.807) is 12.0 Å². The van der Waals surface area contributed by atoms with Crippen molar-refractivity contribution in [3.05, 3.63) is 59.1 Å². The fraction of sp³-hybridized carbons (Fsp3) is 0.429. The predicted molar refractivity (Wildman–Crippen MR) is 111 cm³/mol. The van der Waals surface area contributed by atoms with Crippen molar-refractivity contribution >= 4 is 23.6 Å². The van der Waals surface area contributed by atoms with Gasteiger partial charge in [0.05, 0.1) is 30.8 Å². The summed E-state index contributed by atoms with van der Waals surface area (Å²) in [6.45, 7) is 1.02. The maximum atomic E-state index is 12.7. The second-order valence-electron chi connectivity index (χ2n) is 7.09. The number of aromatic nitrogens is 2. The van der Waals surface area contributed by atoms with Gasteiger partial charge in [-0.05, 0) is 18.4 Å². The number of rotatable bonds is 7. The maximum absolute atomic E-state index is 12.7. The van der Waals surface area contributed by atoms with Crippen molar-refractivity contribution in [2.24, 2.45) is 5.92 Å². The lowest BCUT2D eigenvalue weighted by Crippen LogP contribution is -2.52. The average molecular weight is 433 g/mol. The molecule has 1 fully saturated rings. The number of nitrogens with zero attached hydrogens (tertiary/aromatic N) is 3. The summed E-state index contributed by atoms with van der Waals surface area (Å²) in [6.07, 6.45) is 3.86. The Hall–Kier alpha value is -2.71. The Morgan fingerprint density at radius 2 is 1.97 bits per heavy atom. The van der Waals surface area contributed by atoms with Crippen molar-refractivity contribution in [3.63, 3.8) is 0 Å². The average Bonchev–Trinajstić information content (AvgIpc) is 2.78. The lowest BCUT2D eigenvalue weighted by atomic mass is 9.92. The molecule has 0 saturated carbocycles. The highest BCUT2D eigenvalue weighted by atomic mass is 35.5. The first kappa shape index (κ1) is 22.0. The molecule has 2 heterocycles. The van der Waals surface area contributed by atoms with E-state index in [1.165, 1.54) is 12.4 Å². The van der Waals surface area contributed by atoms with Crippen LogP contribution in [0, 0.1) is 5.92 Å². The van der Waals surface area contributed by atoms with Crippen LogP contribution >= 0.6 is 11.6 Å². The van der Waals surface area contributed by atoms with Crippen LogP contribution < -0.4 is 5.32 Å². The molecule has 1 aliphatic heterocycles. The van der Waals surface area contributed by atoms with Crippen molar-refractivity contribution in [1.82, 2.24) is 20.2 Å². The third-order valence-corrected chi connectivity index (χ3v) is 5.34. The summed E-state index contributed by atoms with van der Waals surface area (Å²) in [5.74, 6) is -0.508. The predicted octanol–water partition coefficient (Wildman–Crippen LogP) is 2.81. The molecule has 160 valence electrons. The van der Waals surface area contributed by atoms with E-state index >= 15 is 0 Å². The number of hydrogen-bond acceptors (Lipinski definition) is 6. The third kappa shape index (κ3) is 5.90. The second-order valence-corrected chi connectivity index (χ2v) is 7.45. The highest BCUT2D eigenvalue weighted by molar-refractivity contribution is 6.29. The van der Waals surface area contributed by atoms with Gasteiger partial charge in [-0.15, -0.1) is 0 Å². The molecule has 0 radical (unpaired) electrons.